The molecule has 19 heavy (non-hydrogen) atoms. The van der Waals surface area contributed by atoms with E-state index in [2.05, 4.69) is 5.32 Å². The van der Waals surface area contributed by atoms with Crippen molar-refractivity contribution in [1.29, 1.82) is 0 Å². The number of ether oxygens (including phenoxy) is 1. The summed E-state index contributed by atoms with van der Waals surface area (Å²) in [4.78, 5) is 22.0. The van der Waals surface area contributed by atoms with Crippen LogP contribution < -0.4 is 10.1 Å². The lowest BCUT2D eigenvalue weighted by Crippen LogP contribution is -2.38. The third-order valence-electron chi connectivity index (χ3n) is 2.78. The summed E-state index contributed by atoms with van der Waals surface area (Å²) >= 11 is 0. The summed E-state index contributed by atoms with van der Waals surface area (Å²) in [5.74, 6) is -0.455. The molecule has 0 aromatic heterocycles. The van der Waals surface area contributed by atoms with Crippen LogP contribution in [0, 0.1) is 0 Å². The van der Waals surface area contributed by atoms with Gasteiger partial charge in [0.15, 0.2) is 0 Å². The van der Waals surface area contributed by atoms with Gasteiger partial charge in [0.2, 0.25) is 5.91 Å². The Morgan fingerprint density at radius 1 is 1.32 bits per heavy atom. The van der Waals surface area contributed by atoms with Gasteiger partial charge < -0.3 is 15.2 Å². The van der Waals surface area contributed by atoms with Gasteiger partial charge >= 0.3 is 5.97 Å². The second-order valence-electron chi connectivity index (χ2n) is 4.33. The van der Waals surface area contributed by atoms with E-state index in [1.54, 1.807) is 7.11 Å². The highest BCUT2D eigenvalue weighted by atomic mass is 16.5. The topological polar surface area (TPSA) is 75.6 Å². The summed E-state index contributed by atoms with van der Waals surface area (Å²) in [5, 5.41) is 11.1. The van der Waals surface area contributed by atoms with Gasteiger partial charge in [-0.15, -0.1) is 0 Å². The van der Waals surface area contributed by atoms with Crippen LogP contribution in [0.2, 0.25) is 0 Å². The zero-order chi connectivity index (χ0) is 14.3. The molecule has 0 aliphatic carbocycles. The lowest BCUT2D eigenvalue weighted by molar-refractivity contribution is -0.141. The van der Waals surface area contributed by atoms with Crippen LogP contribution in [-0.2, 0) is 16.0 Å². The van der Waals surface area contributed by atoms with Crippen molar-refractivity contribution in [3.8, 4) is 5.75 Å². The second kappa shape index (κ2) is 7.41. The van der Waals surface area contributed by atoms with Crippen LogP contribution in [0.1, 0.15) is 25.3 Å². The molecule has 0 radical (unpaired) electrons. The summed E-state index contributed by atoms with van der Waals surface area (Å²) in [7, 11) is 1.61. The number of nitrogens with one attached hydrogen (secondary N) is 1. The molecule has 0 saturated heterocycles. The van der Waals surface area contributed by atoms with Crippen LogP contribution in [0.15, 0.2) is 24.3 Å². The fraction of sp³-hybridized carbons (Fsp3) is 0.429. The van der Waals surface area contributed by atoms with Crippen molar-refractivity contribution in [2.75, 3.05) is 7.11 Å². The number of amides is 1. The molecule has 1 aromatic rings. The number of carboxylic acids is 1. The number of hydrogen-bond acceptors (Lipinski definition) is 3. The quantitative estimate of drug-likeness (QED) is 0.785. The molecule has 5 nitrogen and oxygen atoms in total. The van der Waals surface area contributed by atoms with Crippen molar-refractivity contribution in [1.82, 2.24) is 5.32 Å². The van der Waals surface area contributed by atoms with Gasteiger partial charge in [-0.2, -0.15) is 0 Å². The summed E-state index contributed by atoms with van der Waals surface area (Å²) in [6, 6.07) is 6.82. The van der Waals surface area contributed by atoms with E-state index >= 15 is 0 Å². The average Bonchev–Trinajstić information content (AvgIpc) is 2.39. The first-order valence-electron chi connectivity index (χ1n) is 6.18. The average molecular weight is 265 g/mol. The van der Waals surface area contributed by atoms with E-state index in [0.29, 0.717) is 12.8 Å². The van der Waals surface area contributed by atoms with Gasteiger partial charge in [0.05, 0.1) is 7.11 Å². The second-order valence-corrected chi connectivity index (χ2v) is 4.33. The van der Waals surface area contributed by atoms with Gasteiger partial charge in [-0.05, 0) is 37.5 Å². The van der Waals surface area contributed by atoms with Crippen molar-refractivity contribution in [2.45, 2.75) is 32.2 Å². The summed E-state index contributed by atoms with van der Waals surface area (Å²) < 4.78 is 5.06. The van der Waals surface area contributed by atoms with E-state index in [0.717, 1.165) is 17.7 Å². The lowest BCUT2D eigenvalue weighted by Gasteiger charge is -2.09. The van der Waals surface area contributed by atoms with Crippen molar-refractivity contribution >= 4 is 11.9 Å². The fourth-order valence-electron chi connectivity index (χ4n) is 1.62. The molecule has 2 N–H and O–H groups in total. The van der Waals surface area contributed by atoms with Crippen LogP contribution in [0.4, 0.5) is 0 Å². The molecule has 0 bridgehead atoms. The SMILES string of the molecule is COc1ccc(CCCC(=O)NC(C)C(=O)O)cc1. The van der Waals surface area contributed by atoms with E-state index in [-0.39, 0.29) is 5.91 Å². The summed E-state index contributed by atoms with van der Waals surface area (Å²) in [5.41, 5.74) is 1.12. The molecule has 5 heteroatoms. The van der Waals surface area contributed by atoms with E-state index in [9.17, 15) is 9.59 Å². The van der Waals surface area contributed by atoms with E-state index in [4.69, 9.17) is 9.84 Å². The molecule has 0 aliphatic heterocycles. The third-order valence-corrected chi connectivity index (χ3v) is 2.78. The number of carbonyl (C=O) groups excluding carboxylic acids is 1. The highest BCUT2D eigenvalue weighted by molar-refractivity contribution is 5.83. The number of aryl methyl sites for hydroxylation is 1. The Kier molecular flexibility index (Phi) is 5.85. The van der Waals surface area contributed by atoms with Crippen molar-refractivity contribution in [2.24, 2.45) is 0 Å². The van der Waals surface area contributed by atoms with Crippen LogP contribution in [-0.4, -0.2) is 30.1 Å². The van der Waals surface area contributed by atoms with Crippen molar-refractivity contribution in [3.05, 3.63) is 29.8 Å². The normalized spacial score (nSPS) is 11.7. The predicted octanol–water partition coefficient (Wildman–Crippen LogP) is 1.61. The molecule has 1 aromatic carbocycles. The molecule has 1 amide bonds. The largest absolute Gasteiger partial charge is 0.497 e. The van der Waals surface area contributed by atoms with Gasteiger partial charge in [0.1, 0.15) is 11.8 Å². The van der Waals surface area contributed by atoms with E-state index < -0.39 is 12.0 Å². The minimum Gasteiger partial charge on any atom is -0.497 e. The Labute approximate surface area is 112 Å². The standard InChI is InChI=1S/C14H19NO4/c1-10(14(17)18)15-13(16)5-3-4-11-6-8-12(19-2)9-7-11/h6-10H,3-5H2,1-2H3,(H,15,16)(H,17,18). The molecule has 0 aliphatic rings. The Hall–Kier alpha value is -2.04. The molecule has 1 unspecified atom stereocenters. The van der Waals surface area contributed by atoms with Crippen molar-refractivity contribution < 1.29 is 19.4 Å². The maximum absolute atomic E-state index is 11.5. The first kappa shape index (κ1) is 15.0. The minimum atomic E-state index is -1.02. The van der Waals surface area contributed by atoms with Gasteiger partial charge in [0.25, 0.3) is 0 Å². The lowest BCUT2D eigenvalue weighted by atomic mass is 10.1. The number of methoxy groups -OCH3 is 1. The molecule has 1 rings (SSSR count). The van der Waals surface area contributed by atoms with Gasteiger partial charge in [-0.1, -0.05) is 12.1 Å². The zero-order valence-corrected chi connectivity index (χ0v) is 11.2. The third kappa shape index (κ3) is 5.42. The number of hydrogen-bond donors (Lipinski definition) is 2. The highest BCUT2D eigenvalue weighted by Gasteiger charge is 2.13. The van der Waals surface area contributed by atoms with Crippen LogP contribution in [0.3, 0.4) is 0 Å². The first-order chi connectivity index (χ1) is 9.02. The molecular weight excluding hydrogens is 246 g/mol. The Bertz CT molecular complexity index is 428. The van der Waals surface area contributed by atoms with Gasteiger partial charge in [-0.25, -0.2) is 0 Å². The summed E-state index contributed by atoms with van der Waals surface area (Å²) in [6.07, 6.45) is 1.78. The number of carbonyl (C=O) groups is 2. The predicted molar refractivity (Wildman–Crippen MR) is 71.2 cm³/mol. The van der Waals surface area contributed by atoms with Crippen molar-refractivity contribution in [3.63, 3.8) is 0 Å². The number of aliphatic carboxylic acids is 1. The van der Waals surface area contributed by atoms with E-state index in [1.165, 1.54) is 6.92 Å². The van der Waals surface area contributed by atoms with E-state index in [1.807, 2.05) is 24.3 Å². The first-order valence-corrected chi connectivity index (χ1v) is 6.18. The van der Waals surface area contributed by atoms with Gasteiger partial charge in [-0.3, -0.25) is 9.59 Å². The molecular formula is C14H19NO4. The number of rotatable bonds is 7. The minimum absolute atomic E-state index is 0.233. The molecule has 0 spiro atoms. The van der Waals surface area contributed by atoms with Crippen LogP contribution in [0.5, 0.6) is 5.75 Å². The zero-order valence-electron chi connectivity index (χ0n) is 11.2. The molecule has 0 fully saturated rings. The highest BCUT2D eigenvalue weighted by Crippen LogP contribution is 2.13. The van der Waals surface area contributed by atoms with Crippen LogP contribution in [0.25, 0.3) is 0 Å². The molecule has 0 heterocycles. The fourth-order valence-corrected chi connectivity index (χ4v) is 1.62. The molecule has 104 valence electrons. The maximum Gasteiger partial charge on any atom is 0.325 e. The Balaban J connectivity index is 2.29. The Morgan fingerprint density at radius 2 is 1.95 bits per heavy atom. The molecule has 0 saturated carbocycles. The number of benzene rings is 1. The monoisotopic (exact) mass is 265 g/mol. The number of carboxylic acid groups (broad SMARTS) is 1. The summed E-state index contributed by atoms with van der Waals surface area (Å²) in [6.45, 7) is 1.45. The Morgan fingerprint density at radius 3 is 2.47 bits per heavy atom. The smallest absolute Gasteiger partial charge is 0.325 e. The van der Waals surface area contributed by atoms with Crippen LogP contribution >= 0.6 is 0 Å². The van der Waals surface area contributed by atoms with Gasteiger partial charge in [0, 0.05) is 6.42 Å². The maximum atomic E-state index is 11.5. The molecule has 1 atom stereocenters.